The molecule has 0 amide bonds. The highest BCUT2D eigenvalue weighted by Gasteiger charge is 2.39. The Labute approximate surface area is 183 Å². The molecule has 0 radical (unpaired) electrons. The SMILES string of the molecule is CN=C(NCC1(N2CCCCC2)CCN(C)CC1)N(C)CC1CCOC1.I. The highest BCUT2D eigenvalue weighted by Crippen LogP contribution is 2.31. The number of aliphatic imine (C=N–C) groups is 1. The van der Waals surface area contributed by atoms with Gasteiger partial charge in [0.1, 0.15) is 0 Å². The lowest BCUT2D eigenvalue weighted by Gasteiger charge is -2.50. The summed E-state index contributed by atoms with van der Waals surface area (Å²) >= 11 is 0. The third-order valence-corrected chi connectivity index (χ3v) is 6.65. The van der Waals surface area contributed by atoms with Gasteiger partial charge in [-0.15, -0.1) is 24.0 Å². The first-order valence-corrected chi connectivity index (χ1v) is 10.6. The van der Waals surface area contributed by atoms with Crippen molar-refractivity contribution in [2.24, 2.45) is 10.9 Å². The number of piperidine rings is 2. The zero-order valence-electron chi connectivity index (χ0n) is 17.6. The fourth-order valence-corrected chi connectivity index (χ4v) is 4.84. The van der Waals surface area contributed by atoms with E-state index in [0.717, 1.165) is 32.3 Å². The van der Waals surface area contributed by atoms with Crippen LogP contribution in [0.2, 0.25) is 0 Å². The summed E-state index contributed by atoms with van der Waals surface area (Å²) in [5.41, 5.74) is 0.292. The van der Waals surface area contributed by atoms with Crippen molar-refractivity contribution in [3.63, 3.8) is 0 Å². The van der Waals surface area contributed by atoms with Crippen LogP contribution in [0.3, 0.4) is 0 Å². The number of rotatable bonds is 5. The van der Waals surface area contributed by atoms with Crippen LogP contribution in [-0.2, 0) is 4.74 Å². The van der Waals surface area contributed by atoms with E-state index in [1.165, 1.54) is 64.7 Å². The largest absolute Gasteiger partial charge is 0.381 e. The summed E-state index contributed by atoms with van der Waals surface area (Å²) < 4.78 is 5.53. The number of halogens is 1. The molecule has 3 saturated heterocycles. The lowest BCUT2D eigenvalue weighted by Crippen LogP contribution is -2.62. The van der Waals surface area contributed by atoms with Gasteiger partial charge in [0.15, 0.2) is 5.96 Å². The molecule has 0 aliphatic carbocycles. The third-order valence-electron chi connectivity index (χ3n) is 6.65. The third kappa shape index (κ3) is 6.18. The fourth-order valence-electron chi connectivity index (χ4n) is 4.84. The van der Waals surface area contributed by atoms with Crippen molar-refractivity contribution < 1.29 is 4.74 Å². The number of hydrogen-bond acceptors (Lipinski definition) is 4. The van der Waals surface area contributed by atoms with E-state index in [1.807, 2.05) is 7.05 Å². The molecular formula is C20H40IN5O. The van der Waals surface area contributed by atoms with Crippen molar-refractivity contribution in [1.82, 2.24) is 20.0 Å². The molecule has 0 saturated carbocycles. The highest BCUT2D eigenvalue weighted by atomic mass is 127. The van der Waals surface area contributed by atoms with Gasteiger partial charge in [0.25, 0.3) is 0 Å². The van der Waals surface area contributed by atoms with Gasteiger partial charge in [-0.2, -0.15) is 0 Å². The van der Waals surface area contributed by atoms with E-state index in [2.05, 4.69) is 39.1 Å². The Morgan fingerprint density at radius 3 is 2.48 bits per heavy atom. The molecule has 3 fully saturated rings. The van der Waals surface area contributed by atoms with Gasteiger partial charge in [0.2, 0.25) is 0 Å². The first kappa shape index (κ1) is 23.2. The minimum absolute atomic E-state index is 0. The summed E-state index contributed by atoms with van der Waals surface area (Å²) in [5, 5.41) is 3.74. The topological polar surface area (TPSA) is 43.3 Å². The predicted molar refractivity (Wildman–Crippen MR) is 123 cm³/mol. The van der Waals surface area contributed by atoms with Crippen LogP contribution in [0.15, 0.2) is 4.99 Å². The van der Waals surface area contributed by atoms with Crippen molar-refractivity contribution in [3.05, 3.63) is 0 Å². The Balaban J connectivity index is 0.00000261. The lowest BCUT2D eigenvalue weighted by molar-refractivity contribution is 0.0169. The summed E-state index contributed by atoms with van der Waals surface area (Å²) in [4.78, 5) is 12.1. The molecule has 3 heterocycles. The molecule has 0 bridgehead atoms. The molecule has 3 rings (SSSR count). The zero-order chi connectivity index (χ0) is 18.4. The van der Waals surface area contributed by atoms with Crippen molar-refractivity contribution in [2.75, 3.05) is 73.6 Å². The molecule has 1 unspecified atom stereocenters. The Morgan fingerprint density at radius 1 is 1.19 bits per heavy atom. The number of guanidine groups is 1. The van der Waals surface area contributed by atoms with Crippen LogP contribution in [0.1, 0.15) is 38.5 Å². The van der Waals surface area contributed by atoms with Crippen molar-refractivity contribution >= 4 is 29.9 Å². The Hall–Kier alpha value is -0.120. The molecule has 0 spiro atoms. The highest BCUT2D eigenvalue weighted by molar-refractivity contribution is 14.0. The molecule has 0 aromatic heterocycles. The van der Waals surface area contributed by atoms with Crippen molar-refractivity contribution in [1.29, 1.82) is 0 Å². The molecule has 0 aromatic carbocycles. The molecule has 1 N–H and O–H groups in total. The first-order valence-electron chi connectivity index (χ1n) is 10.6. The quantitative estimate of drug-likeness (QED) is 0.361. The molecule has 158 valence electrons. The maximum atomic E-state index is 5.53. The first-order chi connectivity index (χ1) is 12.6. The standard InChI is InChI=1S/C20H39N5O.HI/c1-21-19(24(3)15-18-7-14-26-16-18)22-17-20(8-12-23(2)13-9-20)25-10-5-4-6-11-25;/h18H,4-17H2,1-3H3,(H,21,22);1H. The van der Waals surface area contributed by atoms with Gasteiger partial charge in [0, 0.05) is 45.2 Å². The molecular weight excluding hydrogens is 453 g/mol. The van der Waals surface area contributed by atoms with E-state index < -0.39 is 0 Å². The van der Waals surface area contributed by atoms with E-state index in [1.54, 1.807) is 0 Å². The maximum absolute atomic E-state index is 5.53. The lowest BCUT2D eigenvalue weighted by atomic mass is 9.84. The molecule has 7 heteroatoms. The number of nitrogens with zero attached hydrogens (tertiary/aromatic N) is 4. The number of ether oxygens (including phenoxy) is 1. The van der Waals surface area contributed by atoms with Crippen LogP contribution in [0.25, 0.3) is 0 Å². The van der Waals surface area contributed by atoms with Gasteiger partial charge in [0.05, 0.1) is 6.61 Å². The normalized spacial score (nSPS) is 27.2. The average Bonchev–Trinajstić information content (AvgIpc) is 3.18. The van der Waals surface area contributed by atoms with E-state index in [0.29, 0.717) is 11.5 Å². The summed E-state index contributed by atoms with van der Waals surface area (Å²) in [6.45, 7) is 8.77. The van der Waals surface area contributed by atoms with Crippen molar-refractivity contribution in [3.8, 4) is 0 Å². The monoisotopic (exact) mass is 493 g/mol. The number of hydrogen-bond donors (Lipinski definition) is 1. The Bertz CT molecular complexity index is 455. The number of likely N-dealkylation sites (tertiary alicyclic amines) is 2. The van der Waals surface area contributed by atoms with E-state index in [9.17, 15) is 0 Å². The van der Waals surface area contributed by atoms with Gasteiger partial charge in [-0.25, -0.2) is 0 Å². The Morgan fingerprint density at radius 2 is 1.89 bits per heavy atom. The van der Waals surface area contributed by atoms with Crippen LogP contribution < -0.4 is 5.32 Å². The summed E-state index contributed by atoms with van der Waals surface area (Å²) in [7, 11) is 6.33. The minimum Gasteiger partial charge on any atom is -0.381 e. The minimum atomic E-state index is 0. The second-order valence-electron chi connectivity index (χ2n) is 8.59. The van der Waals surface area contributed by atoms with Gasteiger partial charge in [-0.1, -0.05) is 6.42 Å². The van der Waals surface area contributed by atoms with E-state index >= 15 is 0 Å². The summed E-state index contributed by atoms with van der Waals surface area (Å²) in [6, 6.07) is 0. The zero-order valence-corrected chi connectivity index (χ0v) is 19.9. The maximum Gasteiger partial charge on any atom is 0.193 e. The van der Waals surface area contributed by atoms with Gasteiger partial charge in [-0.3, -0.25) is 9.89 Å². The van der Waals surface area contributed by atoms with E-state index in [-0.39, 0.29) is 24.0 Å². The molecule has 3 aliphatic rings. The molecule has 6 nitrogen and oxygen atoms in total. The van der Waals surface area contributed by atoms with Crippen LogP contribution in [0.5, 0.6) is 0 Å². The van der Waals surface area contributed by atoms with Gasteiger partial charge < -0.3 is 19.9 Å². The van der Waals surface area contributed by atoms with Crippen LogP contribution in [-0.4, -0.2) is 99.8 Å². The predicted octanol–water partition coefficient (Wildman–Crippen LogP) is 2.10. The number of nitrogens with one attached hydrogen (secondary N) is 1. The van der Waals surface area contributed by atoms with Crippen molar-refractivity contribution in [2.45, 2.75) is 44.1 Å². The van der Waals surface area contributed by atoms with Gasteiger partial charge in [-0.05, 0) is 65.3 Å². The summed E-state index contributed by atoms with van der Waals surface area (Å²) in [5.74, 6) is 1.67. The smallest absolute Gasteiger partial charge is 0.193 e. The summed E-state index contributed by atoms with van der Waals surface area (Å²) in [6.07, 6.45) is 7.79. The molecule has 3 aliphatic heterocycles. The van der Waals surface area contributed by atoms with E-state index in [4.69, 9.17) is 4.74 Å². The van der Waals surface area contributed by atoms with Crippen LogP contribution in [0.4, 0.5) is 0 Å². The average molecular weight is 493 g/mol. The second-order valence-corrected chi connectivity index (χ2v) is 8.59. The van der Waals surface area contributed by atoms with Crippen LogP contribution >= 0.6 is 24.0 Å². The van der Waals surface area contributed by atoms with Crippen LogP contribution in [0, 0.1) is 5.92 Å². The van der Waals surface area contributed by atoms with Gasteiger partial charge >= 0.3 is 0 Å². The Kier molecular flexibility index (Phi) is 9.58. The molecule has 0 aromatic rings. The fraction of sp³-hybridized carbons (Fsp3) is 0.950. The second kappa shape index (κ2) is 11.2. The molecule has 1 atom stereocenters. The molecule has 27 heavy (non-hydrogen) atoms.